The van der Waals surface area contributed by atoms with Crippen molar-refractivity contribution in [2.75, 3.05) is 4.90 Å². The lowest BCUT2D eigenvalue weighted by molar-refractivity contribution is 0.477. The fraction of sp³-hybridized carbons (Fsp3) is 0.0588. The minimum absolute atomic E-state index is 0.860. The summed E-state index contributed by atoms with van der Waals surface area (Å²) in [6.07, 6.45) is 6.80. The van der Waals surface area contributed by atoms with Crippen LogP contribution in [0, 0.1) is 0 Å². The zero-order valence-electron chi connectivity index (χ0n) is 20.2. The monoisotopic (exact) mass is 476 g/mol. The average molecular weight is 477 g/mol. The van der Waals surface area contributed by atoms with Crippen LogP contribution in [0.5, 0.6) is 11.5 Å². The standard InChI is InChI=1S/C34H24N2O/c1-2-10-24(11-3-1)36-29-15-6-7-16-31(29)37-32-21-23(18-20-30(32)36)26-13-8-14-27-34(26)33-25-12-5-4-9-22(25)17-19-28(33)35-27/h1-3,5-8,10-21,35H,4,9H2. The average Bonchev–Trinajstić information content (AvgIpc) is 3.35. The molecule has 1 aromatic heterocycles. The lowest BCUT2D eigenvalue weighted by atomic mass is 9.91. The molecule has 0 saturated heterocycles. The zero-order valence-corrected chi connectivity index (χ0v) is 20.2. The quantitative estimate of drug-likeness (QED) is 0.269. The highest BCUT2D eigenvalue weighted by atomic mass is 16.5. The normalized spacial score (nSPS) is 13.8. The first-order valence-corrected chi connectivity index (χ1v) is 12.8. The Morgan fingerprint density at radius 3 is 2.46 bits per heavy atom. The second-order valence-corrected chi connectivity index (χ2v) is 9.78. The number of aromatic amines is 1. The van der Waals surface area contributed by atoms with Gasteiger partial charge in [0.05, 0.1) is 11.4 Å². The van der Waals surface area contributed by atoms with E-state index in [9.17, 15) is 0 Å². The molecule has 0 radical (unpaired) electrons. The summed E-state index contributed by atoms with van der Waals surface area (Å²) in [4.78, 5) is 5.95. The lowest BCUT2D eigenvalue weighted by Crippen LogP contribution is -2.15. The van der Waals surface area contributed by atoms with Gasteiger partial charge in [-0.2, -0.15) is 0 Å². The van der Waals surface area contributed by atoms with E-state index in [1.165, 1.54) is 33.0 Å². The third-order valence-electron chi connectivity index (χ3n) is 7.64. The van der Waals surface area contributed by atoms with Gasteiger partial charge < -0.3 is 14.6 Å². The number of anilines is 3. The third kappa shape index (κ3) is 3.07. The number of para-hydroxylation sites is 3. The Labute approximate surface area is 215 Å². The van der Waals surface area contributed by atoms with Crippen molar-refractivity contribution in [3.05, 3.63) is 120 Å². The van der Waals surface area contributed by atoms with Crippen LogP contribution in [0.3, 0.4) is 0 Å². The SMILES string of the molecule is C1=Cc2c(ccc3[nH]c4cccc(-c5ccc6c(c5)Oc5ccccc5N6c5ccccc5)c4c23)CC1. The van der Waals surface area contributed by atoms with E-state index in [1.54, 1.807) is 0 Å². The van der Waals surface area contributed by atoms with Crippen LogP contribution in [-0.2, 0) is 6.42 Å². The fourth-order valence-corrected chi connectivity index (χ4v) is 5.98. The summed E-state index contributed by atoms with van der Waals surface area (Å²) in [6.45, 7) is 0. The van der Waals surface area contributed by atoms with Gasteiger partial charge >= 0.3 is 0 Å². The molecule has 0 unspecified atom stereocenters. The highest BCUT2D eigenvalue weighted by Gasteiger charge is 2.26. The van der Waals surface area contributed by atoms with Crippen LogP contribution < -0.4 is 9.64 Å². The van der Waals surface area contributed by atoms with Crippen molar-refractivity contribution in [1.29, 1.82) is 0 Å². The van der Waals surface area contributed by atoms with Crippen molar-refractivity contribution >= 4 is 44.9 Å². The van der Waals surface area contributed by atoms with Crippen LogP contribution in [-0.4, -0.2) is 4.98 Å². The first kappa shape index (κ1) is 20.4. The Bertz CT molecular complexity index is 1860. The zero-order chi connectivity index (χ0) is 24.3. The number of nitrogens with one attached hydrogen (secondary N) is 1. The Hall–Kier alpha value is -4.76. The Morgan fingerprint density at radius 1 is 0.676 bits per heavy atom. The molecular formula is C34H24N2O. The minimum atomic E-state index is 0.860. The van der Waals surface area contributed by atoms with Crippen LogP contribution >= 0.6 is 0 Å². The van der Waals surface area contributed by atoms with Gasteiger partial charge in [0, 0.05) is 27.5 Å². The van der Waals surface area contributed by atoms with E-state index < -0.39 is 0 Å². The fourth-order valence-electron chi connectivity index (χ4n) is 5.98. The van der Waals surface area contributed by atoms with E-state index in [4.69, 9.17) is 4.74 Å². The van der Waals surface area contributed by atoms with E-state index in [0.717, 1.165) is 52.5 Å². The molecule has 0 atom stereocenters. The van der Waals surface area contributed by atoms with Gasteiger partial charge in [0.2, 0.25) is 0 Å². The van der Waals surface area contributed by atoms with Crippen LogP contribution in [0.1, 0.15) is 17.5 Å². The molecule has 1 aliphatic carbocycles. The smallest absolute Gasteiger partial charge is 0.152 e. The Morgan fingerprint density at radius 2 is 1.51 bits per heavy atom. The molecule has 0 bridgehead atoms. The molecule has 6 aromatic rings. The van der Waals surface area contributed by atoms with Gasteiger partial charge in [-0.25, -0.2) is 0 Å². The molecule has 1 aliphatic heterocycles. The summed E-state index contributed by atoms with van der Waals surface area (Å²) >= 11 is 0. The summed E-state index contributed by atoms with van der Waals surface area (Å²) in [7, 11) is 0. The molecule has 3 heteroatoms. The third-order valence-corrected chi connectivity index (χ3v) is 7.64. The molecule has 0 saturated carbocycles. The minimum Gasteiger partial charge on any atom is -0.453 e. The van der Waals surface area contributed by atoms with Gasteiger partial charge in [-0.3, -0.25) is 0 Å². The summed E-state index contributed by atoms with van der Waals surface area (Å²) in [5, 5.41) is 2.59. The lowest BCUT2D eigenvalue weighted by Gasteiger charge is -2.33. The van der Waals surface area contributed by atoms with Crippen molar-refractivity contribution in [1.82, 2.24) is 4.98 Å². The van der Waals surface area contributed by atoms with Crippen molar-refractivity contribution < 1.29 is 4.74 Å². The number of aryl methyl sites for hydroxylation is 1. The Kier molecular flexibility index (Phi) is 4.35. The van der Waals surface area contributed by atoms with Gasteiger partial charge in [0.1, 0.15) is 0 Å². The van der Waals surface area contributed by atoms with Crippen LogP contribution in [0.4, 0.5) is 17.1 Å². The number of rotatable bonds is 2. The van der Waals surface area contributed by atoms with Gasteiger partial charge in [0.15, 0.2) is 11.5 Å². The second-order valence-electron chi connectivity index (χ2n) is 9.78. The first-order chi connectivity index (χ1) is 18.3. The maximum Gasteiger partial charge on any atom is 0.152 e. The number of fused-ring (bicyclic) bond motifs is 7. The summed E-state index contributed by atoms with van der Waals surface area (Å²) in [5.41, 5.74) is 10.7. The van der Waals surface area contributed by atoms with Crippen molar-refractivity contribution in [2.24, 2.45) is 0 Å². The van der Waals surface area contributed by atoms with Gasteiger partial charge in [-0.1, -0.05) is 66.7 Å². The number of aromatic nitrogens is 1. The predicted octanol–water partition coefficient (Wildman–Crippen LogP) is 9.52. The second kappa shape index (κ2) is 7.87. The topological polar surface area (TPSA) is 28.3 Å². The molecule has 3 nitrogen and oxygen atoms in total. The number of ether oxygens (including phenoxy) is 1. The largest absolute Gasteiger partial charge is 0.453 e. The molecule has 5 aromatic carbocycles. The highest BCUT2D eigenvalue weighted by molar-refractivity contribution is 6.17. The number of hydrogen-bond acceptors (Lipinski definition) is 2. The molecule has 2 aliphatic rings. The maximum absolute atomic E-state index is 6.50. The van der Waals surface area contributed by atoms with E-state index in [1.807, 2.05) is 12.1 Å². The maximum atomic E-state index is 6.50. The molecule has 37 heavy (non-hydrogen) atoms. The van der Waals surface area contributed by atoms with Crippen LogP contribution in [0.15, 0.2) is 109 Å². The van der Waals surface area contributed by atoms with Crippen LogP contribution in [0.25, 0.3) is 39.0 Å². The number of nitrogens with zero attached hydrogens (tertiary/aromatic N) is 1. The molecule has 0 amide bonds. The van der Waals surface area contributed by atoms with Crippen molar-refractivity contribution in [3.63, 3.8) is 0 Å². The van der Waals surface area contributed by atoms with Gasteiger partial charge in [-0.15, -0.1) is 0 Å². The van der Waals surface area contributed by atoms with E-state index >= 15 is 0 Å². The number of benzene rings is 5. The molecular weight excluding hydrogens is 452 g/mol. The van der Waals surface area contributed by atoms with E-state index in [2.05, 4.69) is 113 Å². The summed E-state index contributed by atoms with van der Waals surface area (Å²) in [6, 6.07) is 36.4. The molecule has 0 spiro atoms. The van der Waals surface area contributed by atoms with Crippen molar-refractivity contribution in [3.8, 4) is 22.6 Å². The van der Waals surface area contributed by atoms with Gasteiger partial charge in [-0.05, 0) is 83.6 Å². The molecule has 0 fully saturated rings. The Balaban J connectivity index is 1.35. The highest BCUT2D eigenvalue weighted by Crippen LogP contribution is 2.51. The molecule has 176 valence electrons. The molecule has 1 N–H and O–H groups in total. The first-order valence-electron chi connectivity index (χ1n) is 12.8. The number of hydrogen-bond donors (Lipinski definition) is 1. The van der Waals surface area contributed by atoms with E-state index in [0.29, 0.717) is 0 Å². The van der Waals surface area contributed by atoms with Gasteiger partial charge in [0.25, 0.3) is 0 Å². The van der Waals surface area contributed by atoms with Crippen LogP contribution in [0.2, 0.25) is 0 Å². The summed E-state index contributed by atoms with van der Waals surface area (Å²) in [5.74, 6) is 1.72. The number of H-pyrrole nitrogens is 1. The molecule has 8 rings (SSSR count). The number of allylic oxidation sites excluding steroid dienone is 1. The summed E-state index contributed by atoms with van der Waals surface area (Å²) < 4.78 is 6.50. The van der Waals surface area contributed by atoms with E-state index in [-0.39, 0.29) is 0 Å². The predicted molar refractivity (Wildman–Crippen MR) is 153 cm³/mol. The van der Waals surface area contributed by atoms with Crippen molar-refractivity contribution in [2.45, 2.75) is 12.8 Å². The molecule has 2 heterocycles.